The monoisotopic (exact) mass is 438 g/mol. The number of nitriles is 2. The van der Waals surface area contributed by atoms with Crippen LogP contribution in [0.5, 0.6) is 0 Å². The highest BCUT2D eigenvalue weighted by atomic mass is 32.2. The van der Waals surface area contributed by atoms with E-state index in [1.165, 1.54) is 12.8 Å². The molecule has 0 saturated carbocycles. The van der Waals surface area contributed by atoms with Crippen molar-refractivity contribution >= 4 is 23.5 Å². The average molecular weight is 439 g/mol. The summed E-state index contributed by atoms with van der Waals surface area (Å²) >= 11 is 1.13. The molecular formula is C23H30N6OS. The molecule has 2 heterocycles. The number of carbonyl (C=O) groups is 1. The number of hydrogen-bond donors (Lipinski definition) is 1. The fourth-order valence-corrected chi connectivity index (χ4v) is 4.86. The molecule has 0 radical (unpaired) electrons. The molecule has 1 saturated heterocycles. The van der Waals surface area contributed by atoms with Gasteiger partial charge in [-0.2, -0.15) is 10.5 Å². The predicted octanol–water partition coefficient (Wildman–Crippen LogP) is 3.00. The van der Waals surface area contributed by atoms with Gasteiger partial charge in [0.05, 0.1) is 11.1 Å². The van der Waals surface area contributed by atoms with Gasteiger partial charge in [0, 0.05) is 20.1 Å². The third-order valence-corrected chi connectivity index (χ3v) is 6.76. The van der Waals surface area contributed by atoms with Crippen molar-refractivity contribution in [2.75, 3.05) is 38.1 Å². The van der Waals surface area contributed by atoms with Crippen LogP contribution in [-0.2, 0) is 11.2 Å². The van der Waals surface area contributed by atoms with Crippen LogP contribution in [0.3, 0.4) is 0 Å². The maximum atomic E-state index is 12.1. The number of primary amides is 1. The van der Waals surface area contributed by atoms with Gasteiger partial charge in [0.25, 0.3) is 0 Å². The molecule has 2 N–H and O–H groups in total. The van der Waals surface area contributed by atoms with Crippen LogP contribution < -0.4 is 10.6 Å². The Morgan fingerprint density at radius 1 is 1.35 bits per heavy atom. The average Bonchev–Trinajstić information content (AvgIpc) is 3.29. The molecule has 0 spiro atoms. The molecule has 164 valence electrons. The van der Waals surface area contributed by atoms with Crippen LogP contribution in [0, 0.1) is 22.7 Å². The largest absolute Gasteiger partial charge is 0.368 e. The Bertz CT molecular complexity index is 937. The van der Waals surface area contributed by atoms with Crippen LogP contribution in [0.25, 0.3) is 0 Å². The second-order valence-corrected chi connectivity index (χ2v) is 8.50. The summed E-state index contributed by atoms with van der Waals surface area (Å²) in [7, 11) is 1.91. The van der Waals surface area contributed by atoms with Crippen LogP contribution >= 0.6 is 11.8 Å². The molecular weight excluding hydrogens is 408 g/mol. The van der Waals surface area contributed by atoms with Crippen molar-refractivity contribution in [1.29, 1.82) is 10.5 Å². The predicted molar refractivity (Wildman–Crippen MR) is 125 cm³/mol. The van der Waals surface area contributed by atoms with E-state index in [2.05, 4.69) is 23.6 Å². The third-order valence-electron chi connectivity index (χ3n) is 5.50. The lowest BCUT2D eigenvalue weighted by atomic mass is 10.0. The van der Waals surface area contributed by atoms with Crippen molar-refractivity contribution in [2.45, 2.75) is 43.4 Å². The molecule has 1 amide bonds. The second kappa shape index (κ2) is 11.5. The fourth-order valence-electron chi connectivity index (χ4n) is 3.73. The van der Waals surface area contributed by atoms with Crippen LogP contribution in [0.2, 0.25) is 0 Å². The maximum absolute atomic E-state index is 12.1. The topological polar surface area (TPSA) is 110 Å². The van der Waals surface area contributed by atoms with Crippen molar-refractivity contribution in [3.8, 4) is 12.1 Å². The van der Waals surface area contributed by atoms with Crippen molar-refractivity contribution in [3.63, 3.8) is 0 Å². The summed E-state index contributed by atoms with van der Waals surface area (Å²) in [5.41, 5.74) is 7.69. The normalized spacial score (nSPS) is 15.2. The summed E-state index contributed by atoms with van der Waals surface area (Å²) in [6.45, 7) is 11.3. The molecule has 8 heteroatoms. The van der Waals surface area contributed by atoms with Gasteiger partial charge in [-0.05, 0) is 50.4 Å². The Hall–Kier alpha value is -2.81. The fraction of sp³-hybridized carbons (Fsp3) is 0.478. The van der Waals surface area contributed by atoms with Gasteiger partial charge < -0.3 is 15.5 Å². The second-order valence-electron chi connectivity index (χ2n) is 7.41. The highest BCUT2D eigenvalue weighted by Gasteiger charge is 2.27. The summed E-state index contributed by atoms with van der Waals surface area (Å²) in [6.07, 6.45) is 6.30. The zero-order valence-electron chi connectivity index (χ0n) is 18.5. The number of nitrogens with zero attached hydrogens (tertiary/aromatic N) is 5. The number of likely N-dealkylation sites (N-methyl/N-ethyl adjacent to an activating group) is 1. The first-order chi connectivity index (χ1) is 14.9. The quantitative estimate of drug-likeness (QED) is 0.442. The van der Waals surface area contributed by atoms with E-state index < -0.39 is 11.2 Å². The number of aromatic nitrogens is 1. The summed E-state index contributed by atoms with van der Waals surface area (Å²) in [5.74, 6) is -0.000987. The number of pyridine rings is 1. The molecule has 0 bridgehead atoms. The molecule has 0 aromatic carbocycles. The molecule has 1 aromatic rings. The molecule has 1 atom stereocenters. The van der Waals surface area contributed by atoms with Crippen molar-refractivity contribution in [1.82, 2.24) is 9.88 Å². The molecule has 1 unspecified atom stereocenters. The zero-order chi connectivity index (χ0) is 23.0. The molecule has 1 aromatic heterocycles. The Morgan fingerprint density at radius 3 is 2.48 bits per heavy atom. The molecule has 7 nitrogen and oxygen atoms in total. The molecule has 0 aliphatic carbocycles. The Morgan fingerprint density at radius 2 is 2.00 bits per heavy atom. The number of anilines is 1. The van der Waals surface area contributed by atoms with Crippen LogP contribution in [0.15, 0.2) is 29.3 Å². The molecule has 2 rings (SSSR count). The van der Waals surface area contributed by atoms with E-state index in [4.69, 9.17) is 10.7 Å². The summed E-state index contributed by atoms with van der Waals surface area (Å²) in [6, 6.07) is 4.44. The van der Waals surface area contributed by atoms with E-state index in [1.54, 1.807) is 19.1 Å². The first-order valence-corrected chi connectivity index (χ1v) is 11.3. The summed E-state index contributed by atoms with van der Waals surface area (Å²) in [4.78, 5) is 21.2. The minimum absolute atomic E-state index is 0.325. The number of thioether (sulfide) groups is 1. The number of nitrogens with two attached hydrogens (primary N) is 1. The van der Waals surface area contributed by atoms with Crippen LogP contribution in [0.4, 0.5) is 5.82 Å². The van der Waals surface area contributed by atoms with Crippen LogP contribution in [0.1, 0.15) is 43.4 Å². The van der Waals surface area contributed by atoms with E-state index in [-0.39, 0.29) is 0 Å². The molecule has 1 fully saturated rings. The van der Waals surface area contributed by atoms with Crippen molar-refractivity contribution in [2.24, 2.45) is 5.73 Å². The minimum Gasteiger partial charge on any atom is -0.368 e. The number of amides is 1. The van der Waals surface area contributed by atoms with Gasteiger partial charge in [-0.3, -0.25) is 4.79 Å². The summed E-state index contributed by atoms with van der Waals surface area (Å²) < 4.78 is 0. The van der Waals surface area contributed by atoms with Crippen molar-refractivity contribution in [3.05, 3.63) is 41.0 Å². The first kappa shape index (κ1) is 24.5. The SMILES string of the molecule is C=C/C(=C\C)C(Sc1nc(N(C)CCN2CCCC2)c(C#N)c(CC)c1C#N)C(N)=O. The Kier molecular flexibility index (Phi) is 9.11. The Balaban J connectivity index is 2.50. The van der Waals surface area contributed by atoms with E-state index in [0.717, 1.165) is 31.4 Å². The lowest BCUT2D eigenvalue weighted by molar-refractivity contribution is -0.116. The van der Waals surface area contributed by atoms with Gasteiger partial charge in [-0.25, -0.2) is 4.98 Å². The zero-order valence-corrected chi connectivity index (χ0v) is 19.3. The molecule has 1 aliphatic rings. The van der Waals surface area contributed by atoms with Gasteiger partial charge in [-0.15, -0.1) is 0 Å². The molecule has 1 aliphatic heterocycles. The van der Waals surface area contributed by atoms with E-state index in [9.17, 15) is 15.3 Å². The number of allylic oxidation sites excluding steroid dienone is 2. The number of likely N-dealkylation sites (tertiary alicyclic amines) is 1. The smallest absolute Gasteiger partial charge is 0.235 e. The van der Waals surface area contributed by atoms with E-state index in [1.807, 2.05) is 18.9 Å². The van der Waals surface area contributed by atoms with Gasteiger partial charge in [0.15, 0.2) is 0 Å². The van der Waals surface area contributed by atoms with E-state index >= 15 is 0 Å². The van der Waals surface area contributed by atoms with Gasteiger partial charge in [0.1, 0.15) is 28.2 Å². The lowest BCUT2D eigenvalue weighted by Crippen LogP contribution is -2.32. The lowest BCUT2D eigenvalue weighted by Gasteiger charge is -2.25. The van der Waals surface area contributed by atoms with E-state index in [0.29, 0.717) is 46.1 Å². The summed E-state index contributed by atoms with van der Waals surface area (Å²) in [5, 5.41) is 19.4. The third kappa shape index (κ3) is 5.66. The van der Waals surface area contributed by atoms with Crippen molar-refractivity contribution < 1.29 is 4.79 Å². The first-order valence-electron chi connectivity index (χ1n) is 10.5. The Labute approximate surface area is 189 Å². The minimum atomic E-state index is -0.720. The number of rotatable bonds is 10. The molecule has 31 heavy (non-hydrogen) atoms. The van der Waals surface area contributed by atoms with Gasteiger partial charge in [0.2, 0.25) is 5.91 Å². The highest BCUT2D eigenvalue weighted by Crippen LogP contribution is 2.35. The van der Waals surface area contributed by atoms with Crippen LogP contribution in [-0.4, -0.2) is 54.3 Å². The maximum Gasteiger partial charge on any atom is 0.235 e. The number of hydrogen-bond acceptors (Lipinski definition) is 7. The van der Waals surface area contributed by atoms with Gasteiger partial charge >= 0.3 is 0 Å². The highest BCUT2D eigenvalue weighted by molar-refractivity contribution is 8.00. The van der Waals surface area contributed by atoms with Gasteiger partial charge in [-0.1, -0.05) is 37.4 Å². The number of carbonyl (C=O) groups excluding carboxylic acids is 1. The standard InChI is InChI=1S/C23H30N6OS/c1-5-16(6-2)20(21(26)30)31-23-19(15-25)17(7-3)18(14-24)22(27-23)28(4)12-13-29-10-8-9-11-29/h5-6,20H,1,7-13H2,2-4H3,(H2,26,30)/b16-6+.